The van der Waals surface area contributed by atoms with Crippen LogP contribution in [0.5, 0.6) is 11.5 Å². The summed E-state index contributed by atoms with van der Waals surface area (Å²) in [5.74, 6) is 3.35. The predicted molar refractivity (Wildman–Crippen MR) is 387 cm³/mol. The summed E-state index contributed by atoms with van der Waals surface area (Å²) in [6, 6.07) is 26.1. The number of hydroxylamine groups is 4. The first-order valence-electron chi connectivity index (χ1n) is 35.8. The van der Waals surface area contributed by atoms with Crippen LogP contribution in [0.15, 0.2) is 84.9 Å². The van der Waals surface area contributed by atoms with Crippen molar-refractivity contribution in [2.75, 3.05) is 73.7 Å². The minimum atomic E-state index is -0.881. The lowest BCUT2D eigenvalue weighted by Crippen LogP contribution is -2.62. The summed E-state index contributed by atoms with van der Waals surface area (Å²) in [4.78, 5) is 71.6. The fraction of sp³-hybridized carbons (Fsp3) is 0.646. The SMILES string of the molecule is C.C.CCOc1c(CN2O[C@@H](CO)[C@H](C(C)C)[C@H]2C(=O)N[C@H]2C[C@H]3C[C@@H]([C@@H]2C)C3(C)C)cccc1-c1cccc(C(=O)NC[C@@H]2CCCN2CC)c1.COc1c(CN2O[C@@H](CO)[C@H]([C@H](C)O)[C@H]2C(=O)N[C@H]2C[C@H]3C[C@@H]([C@@H]2C)C3(C)C)cccc1-c1cccc(C(=O)NCCN(C)C)c1. The highest BCUT2D eigenvalue weighted by Crippen LogP contribution is 2.62. The van der Waals surface area contributed by atoms with Gasteiger partial charge in [-0.3, -0.25) is 33.8 Å². The Balaban J connectivity index is 0.000000246. The topological polar surface area (TPSA) is 227 Å². The Hall–Kier alpha value is -6.00. The molecule has 3 saturated heterocycles. The molecule has 7 N–H and O–H groups in total. The summed E-state index contributed by atoms with van der Waals surface area (Å²) in [5, 5.41) is 47.8. The Bertz CT molecular complexity index is 3340. The van der Waals surface area contributed by atoms with Gasteiger partial charge in [-0.05, 0) is 167 Å². The van der Waals surface area contributed by atoms with Gasteiger partial charge in [-0.2, -0.15) is 10.1 Å². The number of para-hydroxylation sites is 2. The quantitative estimate of drug-likeness (QED) is 0.0328. The molecule has 98 heavy (non-hydrogen) atoms. The minimum absolute atomic E-state index is 0. The Labute approximate surface area is 585 Å². The number of nitrogens with one attached hydrogen (secondary N) is 4. The average Bonchev–Trinajstić information content (AvgIpc) is 0.916. The molecule has 4 aromatic rings. The van der Waals surface area contributed by atoms with Gasteiger partial charge in [0.2, 0.25) is 11.8 Å². The summed E-state index contributed by atoms with van der Waals surface area (Å²) in [6.45, 7) is 28.4. The van der Waals surface area contributed by atoms with Crippen LogP contribution >= 0.6 is 0 Å². The zero-order chi connectivity index (χ0) is 69.1. The Morgan fingerprint density at radius 2 is 1.15 bits per heavy atom. The van der Waals surface area contributed by atoms with Crippen molar-refractivity contribution in [1.29, 1.82) is 0 Å². The Morgan fingerprint density at radius 3 is 1.60 bits per heavy atom. The van der Waals surface area contributed by atoms with Gasteiger partial charge in [-0.25, -0.2) is 0 Å². The number of amides is 4. The maximum absolute atomic E-state index is 14.3. The number of benzene rings is 4. The maximum Gasteiger partial charge on any atom is 0.251 e. The van der Waals surface area contributed by atoms with Gasteiger partial charge in [-0.1, -0.05) is 138 Å². The Kier molecular flexibility index (Phi) is 26.3. The number of nitrogens with zero attached hydrogens (tertiary/aromatic N) is 4. The van der Waals surface area contributed by atoms with Crippen LogP contribution in [0.1, 0.15) is 161 Å². The first-order chi connectivity index (χ1) is 45.8. The number of hydrogen-bond acceptors (Lipinski definition) is 15. The van der Waals surface area contributed by atoms with Crippen molar-refractivity contribution in [3.05, 3.63) is 107 Å². The number of likely N-dealkylation sites (tertiary alicyclic amines) is 1. The molecular weight excluding hydrogens is 1240 g/mol. The van der Waals surface area contributed by atoms with Gasteiger partial charge >= 0.3 is 0 Å². The number of methoxy groups -OCH3 is 1. The second kappa shape index (κ2) is 33.2. The average molecular weight is 1360 g/mol. The van der Waals surface area contributed by atoms with E-state index in [2.05, 4.69) is 88.5 Å². The number of carbonyl (C=O) groups is 4. The normalized spacial score (nSPS) is 29.4. The molecule has 0 spiro atoms. The number of hydrogen-bond donors (Lipinski definition) is 7. The monoisotopic (exact) mass is 1360 g/mol. The smallest absolute Gasteiger partial charge is 0.251 e. The van der Waals surface area contributed by atoms with Crippen LogP contribution in [0.3, 0.4) is 0 Å². The van der Waals surface area contributed by atoms with Crippen molar-refractivity contribution in [2.24, 2.45) is 64.1 Å². The number of carbonyl (C=O) groups excluding carboxylic acids is 4. The van der Waals surface area contributed by atoms with Crippen LogP contribution in [-0.2, 0) is 32.4 Å². The second-order valence-electron chi connectivity index (χ2n) is 30.6. The first kappa shape index (κ1) is 77.7. The van der Waals surface area contributed by atoms with Crippen LogP contribution in [0.4, 0.5) is 0 Å². The molecule has 19 nitrogen and oxygen atoms in total. The lowest BCUT2D eigenvalue weighted by atomic mass is 9.45. The van der Waals surface area contributed by atoms with E-state index in [0.717, 1.165) is 72.3 Å². The highest BCUT2D eigenvalue weighted by Gasteiger charge is 2.59. The molecule has 3 aliphatic heterocycles. The summed E-state index contributed by atoms with van der Waals surface area (Å²) in [5.41, 5.74) is 6.83. The first-order valence-corrected chi connectivity index (χ1v) is 35.8. The molecule has 3 heterocycles. The molecule has 16 atom stereocenters. The number of fused-ring (bicyclic) bond motifs is 4. The summed E-state index contributed by atoms with van der Waals surface area (Å²) in [6.07, 6.45) is 4.59. The van der Waals surface area contributed by atoms with Crippen molar-refractivity contribution < 1.29 is 53.6 Å². The standard InChI is InChI=1S/C41H60N4O5.C36H52N4O6.2CH4/c1-8-44-18-12-16-31(44)22-42-39(47)28-14-10-13-27(19-28)32-17-11-15-29(38(32)49-9-2)23-45-37(36(25(3)4)35(24-46)50-45)40(48)43-34-21-30-20-33(26(34)5)41(30,6)7;1-21-28-17-26(36(28,3)4)18-29(21)38-35(44)32-31(22(2)42)30(20-41)46-40(32)19-25-12-9-13-27(33(25)45-7)23-10-8-11-24(16-23)34(43)37-14-15-39(5)6;;/h10-11,13-15,17,19,25-26,30-31,33-37,46H,8-9,12,16,18,20-24H2,1-7H3,(H,42,47)(H,43,48);8-13,16,21-22,26,28-32,41-42H,14-15,17-20H2,1-7H3,(H,37,43)(H,38,44);2*1H4/t26-,30+,31-,33-,34-,35-,36-,37-;21-,22-,26+,28-,29-,30-,31-,32-;;/m00../s1. The number of aliphatic hydroxyl groups excluding tert-OH is 3. The van der Waals surface area contributed by atoms with Gasteiger partial charge in [0.25, 0.3) is 11.8 Å². The van der Waals surface area contributed by atoms with Gasteiger partial charge in [-0.15, -0.1) is 0 Å². The molecule has 19 heteroatoms. The van der Waals surface area contributed by atoms with Crippen LogP contribution in [0.2, 0.25) is 0 Å². The predicted octanol–water partition coefficient (Wildman–Crippen LogP) is 10.5. The second-order valence-corrected chi connectivity index (χ2v) is 30.6. The van der Waals surface area contributed by atoms with E-state index in [1.807, 2.05) is 105 Å². The Morgan fingerprint density at radius 1 is 0.673 bits per heavy atom. The third-order valence-electron chi connectivity index (χ3n) is 23.8. The fourth-order valence-electron chi connectivity index (χ4n) is 18.0. The summed E-state index contributed by atoms with van der Waals surface area (Å²) < 4.78 is 12.3. The lowest BCUT2D eigenvalue weighted by Gasteiger charge is -2.62. The molecule has 4 amide bonds. The van der Waals surface area contributed by atoms with E-state index in [0.29, 0.717) is 101 Å². The van der Waals surface area contributed by atoms with Gasteiger partial charge in [0, 0.05) is 83.0 Å². The van der Waals surface area contributed by atoms with Crippen LogP contribution in [-0.4, -0.2) is 181 Å². The maximum atomic E-state index is 14.3. The summed E-state index contributed by atoms with van der Waals surface area (Å²) in [7, 11) is 5.52. The van der Waals surface area contributed by atoms with E-state index in [4.69, 9.17) is 19.1 Å². The number of aliphatic hydroxyl groups is 3. The van der Waals surface area contributed by atoms with E-state index in [-0.39, 0.29) is 82.2 Å². The minimum Gasteiger partial charge on any atom is -0.496 e. The molecular formula is C79H120N8O11. The molecule has 0 unspecified atom stereocenters. The molecule has 6 saturated carbocycles. The van der Waals surface area contributed by atoms with Crippen LogP contribution < -0.4 is 30.7 Å². The van der Waals surface area contributed by atoms with Crippen molar-refractivity contribution in [1.82, 2.24) is 41.2 Å². The molecule has 13 rings (SSSR count). The number of rotatable bonds is 25. The summed E-state index contributed by atoms with van der Waals surface area (Å²) >= 11 is 0. The van der Waals surface area contributed by atoms with Gasteiger partial charge in [0.15, 0.2) is 0 Å². The zero-order valence-corrected chi connectivity index (χ0v) is 59.6. The van der Waals surface area contributed by atoms with Crippen molar-refractivity contribution in [3.63, 3.8) is 0 Å². The molecule has 0 radical (unpaired) electrons. The van der Waals surface area contributed by atoms with Crippen LogP contribution in [0, 0.1) is 64.1 Å². The van der Waals surface area contributed by atoms with Crippen molar-refractivity contribution in [2.45, 2.75) is 191 Å². The highest BCUT2D eigenvalue weighted by atomic mass is 16.7. The van der Waals surface area contributed by atoms with Gasteiger partial charge in [0.1, 0.15) is 35.8 Å². The molecule has 9 fully saturated rings. The van der Waals surface area contributed by atoms with Crippen molar-refractivity contribution in [3.8, 4) is 33.8 Å². The molecule has 4 bridgehead atoms. The number of ether oxygens (including phenoxy) is 2. The van der Waals surface area contributed by atoms with E-state index < -0.39 is 36.3 Å². The van der Waals surface area contributed by atoms with Crippen LogP contribution in [0.25, 0.3) is 22.3 Å². The third-order valence-corrected chi connectivity index (χ3v) is 23.8. The van der Waals surface area contributed by atoms with E-state index in [9.17, 15) is 34.5 Å². The van der Waals surface area contributed by atoms with E-state index in [1.54, 1.807) is 30.2 Å². The largest absolute Gasteiger partial charge is 0.496 e. The fourth-order valence-corrected chi connectivity index (χ4v) is 18.0. The van der Waals surface area contributed by atoms with E-state index in [1.165, 1.54) is 19.3 Å². The molecule has 0 aromatic heterocycles. The lowest BCUT2D eigenvalue weighted by molar-refractivity contribution is -0.183. The molecule has 542 valence electrons. The molecule has 6 aliphatic carbocycles. The van der Waals surface area contributed by atoms with Gasteiger partial charge < -0.3 is 51.0 Å². The molecule has 9 aliphatic rings. The third kappa shape index (κ3) is 16.2. The molecule has 4 aromatic carbocycles. The van der Waals surface area contributed by atoms with E-state index >= 15 is 0 Å². The van der Waals surface area contributed by atoms with Gasteiger partial charge in [0.05, 0.1) is 46.1 Å². The zero-order valence-electron chi connectivity index (χ0n) is 59.6. The highest BCUT2D eigenvalue weighted by molar-refractivity contribution is 5.96. The number of likely N-dealkylation sites (N-methyl/N-ethyl adjacent to an activating group) is 2. The van der Waals surface area contributed by atoms with Crippen molar-refractivity contribution >= 4 is 23.6 Å².